The number of rotatable bonds is 5. The van der Waals surface area contributed by atoms with Gasteiger partial charge in [-0.1, -0.05) is 49.6 Å². The summed E-state index contributed by atoms with van der Waals surface area (Å²) in [5.41, 5.74) is 5.10. The Morgan fingerprint density at radius 2 is 1.58 bits per heavy atom. The summed E-state index contributed by atoms with van der Waals surface area (Å²) < 4.78 is 8.17. The summed E-state index contributed by atoms with van der Waals surface area (Å²) >= 11 is 0. The van der Waals surface area contributed by atoms with Crippen molar-refractivity contribution < 1.29 is 25.8 Å². The molecular formula is C31H23N3OPt. The van der Waals surface area contributed by atoms with Gasteiger partial charge in [0.25, 0.3) is 0 Å². The smallest absolute Gasteiger partial charge is 0.460 e. The molecule has 0 saturated heterocycles. The van der Waals surface area contributed by atoms with E-state index in [4.69, 9.17) is 4.74 Å². The van der Waals surface area contributed by atoms with E-state index < -0.39 is 0 Å². The van der Waals surface area contributed by atoms with Crippen LogP contribution in [0.1, 0.15) is 25.3 Å². The van der Waals surface area contributed by atoms with Gasteiger partial charge in [0.05, 0.1) is 0 Å². The summed E-state index contributed by atoms with van der Waals surface area (Å²) in [6, 6.07) is 35.4. The number of para-hydroxylation sites is 1. The molecule has 0 spiro atoms. The van der Waals surface area contributed by atoms with Crippen molar-refractivity contribution in [1.29, 1.82) is 0 Å². The van der Waals surface area contributed by atoms with Crippen molar-refractivity contribution in [1.82, 2.24) is 14.5 Å². The Bertz CT molecular complexity index is 1640. The monoisotopic (exact) mass is 648 g/mol. The van der Waals surface area contributed by atoms with Crippen LogP contribution in [0.15, 0.2) is 97.3 Å². The topological polar surface area (TPSA) is 39.9 Å². The molecule has 0 aliphatic heterocycles. The molecule has 0 saturated carbocycles. The van der Waals surface area contributed by atoms with Crippen LogP contribution in [-0.4, -0.2) is 14.5 Å². The summed E-state index contributed by atoms with van der Waals surface area (Å²) in [5.74, 6) is 2.46. The van der Waals surface area contributed by atoms with Crippen molar-refractivity contribution in [2.75, 3.05) is 0 Å². The third-order valence-electron chi connectivity index (χ3n) is 6.16. The Labute approximate surface area is 224 Å². The number of ether oxygens (including phenoxy) is 1. The summed E-state index contributed by atoms with van der Waals surface area (Å²) in [5, 5.41) is 2.31. The average Bonchev–Trinajstić information content (AvgIpc) is 3.23. The molecule has 3 aromatic carbocycles. The van der Waals surface area contributed by atoms with E-state index in [0.29, 0.717) is 17.5 Å². The molecule has 36 heavy (non-hydrogen) atoms. The molecule has 0 aliphatic rings. The molecule has 4 nitrogen and oxygen atoms in total. The standard InChI is InChI=1S/C31H23N3O.Pt/c1-21(2)24-14-16-31(33-20-24)35-25-9-7-8-22(18-25)23-13-15-27-26-10-3-4-11-28(26)34(29(27)19-23)30-12-5-6-17-32-30;/h3-17,20-21H,1-2H3;/q-2;+2. The zero-order valence-corrected chi connectivity index (χ0v) is 22.2. The molecule has 3 heterocycles. The largest absolute Gasteiger partial charge is 2.00 e. The van der Waals surface area contributed by atoms with Gasteiger partial charge in [-0.05, 0) is 40.6 Å². The van der Waals surface area contributed by atoms with Gasteiger partial charge in [-0.2, -0.15) is 24.3 Å². The Morgan fingerprint density at radius 3 is 2.36 bits per heavy atom. The average molecular weight is 649 g/mol. The predicted molar refractivity (Wildman–Crippen MR) is 140 cm³/mol. The second-order valence-electron chi connectivity index (χ2n) is 8.79. The van der Waals surface area contributed by atoms with Gasteiger partial charge in [-0.15, -0.1) is 18.2 Å². The molecule has 0 bridgehead atoms. The van der Waals surface area contributed by atoms with Crippen LogP contribution in [0, 0.1) is 12.1 Å². The number of hydrogen-bond acceptors (Lipinski definition) is 3. The number of aromatic nitrogens is 3. The maximum Gasteiger partial charge on any atom is 2.00 e. The first-order valence-electron chi connectivity index (χ1n) is 11.7. The van der Waals surface area contributed by atoms with E-state index in [9.17, 15) is 0 Å². The van der Waals surface area contributed by atoms with Gasteiger partial charge in [0.1, 0.15) is 5.82 Å². The van der Waals surface area contributed by atoms with E-state index >= 15 is 0 Å². The molecule has 3 aromatic heterocycles. The van der Waals surface area contributed by atoms with Crippen LogP contribution in [0.2, 0.25) is 0 Å². The molecule has 6 rings (SSSR count). The SMILES string of the molecule is CC(C)c1ccc(Oc2[c-]c(-c3[c-]c4c(cc3)c3ccccc3n4-c3ccccn3)ccc2)nc1.[Pt+2]. The minimum atomic E-state index is 0. The number of pyridine rings is 2. The van der Waals surface area contributed by atoms with Gasteiger partial charge in [0, 0.05) is 29.7 Å². The van der Waals surface area contributed by atoms with Crippen LogP contribution in [0.3, 0.4) is 0 Å². The zero-order chi connectivity index (χ0) is 23.8. The fourth-order valence-electron chi connectivity index (χ4n) is 4.34. The first-order chi connectivity index (χ1) is 17.2. The van der Waals surface area contributed by atoms with Gasteiger partial charge in [-0.3, -0.25) is 0 Å². The predicted octanol–water partition coefficient (Wildman–Crippen LogP) is 7.75. The van der Waals surface area contributed by atoms with E-state index in [1.54, 1.807) is 0 Å². The molecule has 6 aromatic rings. The van der Waals surface area contributed by atoms with E-state index in [1.165, 1.54) is 10.9 Å². The Kier molecular flexibility index (Phi) is 6.71. The molecule has 0 unspecified atom stereocenters. The maximum absolute atomic E-state index is 6.01. The van der Waals surface area contributed by atoms with Crippen LogP contribution in [0.4, 0.5) is 0 Å². The molecule has 0 fully saturated rings. The van der Waals surface area contributed by atoms with Crippen LogP contribution < -0.4 is 4.74 Å². The summed E-state index contributed by atoms with van der Waals surface area (Å²) in [7, 11) is 0. The van der Waals surface area contributed by atoms with Crippen molar-refractivity contribution in [3.63, 3.8) is 0 Å². The minimum Gasteiger partial charge on any atom is -0.460 e. The third kappa shape index (κ3) is 4.45. The van der Waals surface area contributed by atoms with E-state index in [1.807, 2.05) is 54.9 Å². The fraction of sp³-hybridized carbons (Fsp3) is 0.0968. The van der Waals surface area contributed by atoms with E-state index in [0.717, 1.165) is 33.4 Å². The Balaban J connectivity index is 0.00000267. The maximum atomic E-state index is 6.01. The number of benzene rings is 3. The van der Waals surface area contributed by atoms with Crippen LogP contribution in [-0.2, 0) is 21.1 Å². The second kappa shape index (κ2) is 10.1. The molecule has 0 radical (unpaired) electrons. The Hall–Kier alpha value is -3.75. The van der Waals surface area contributed by atoms with E-state index in [2.05, 4.69) is 83.0 Å². The first-order valence-corrected chi connectivity index (χ1v) is 11.7. The summed E-state index contributed by atoms with van der Waals surface area (Å²) in [6.07, 6.45) is 3.68. The van der Waals surface area contributed by atoms with Crippen LogP contribution >= 0.6 is 0 Å². The second-order valence-corrected chi connectivity index (χ2v) is 8.79. The van der Waals surface area contributed by atoms with Gasteiger partial charge in [0.2, 0.25) is 5.88 Å². The van der Waals surface area contributed by atoms with Gasteiger partial charge in [0.15, 0.2) is 0 Å². The van der Waals surface area contributed by atoms with Crippen molar-refractivity contribution >= 4 is 21.8 Å². The van der Waals surface area contributed by atoms with Crippen molar-refractivity contribution in [2.24, 2.45) is 0 Å². The minimum absolute atomic E-state index is 0. The van der Waals surface area contributed by atoms with Crippen LogP contribution in [0.25, 0.3) is 38.8 Å². The summed E-state index contributed by atoms with van der Waals surface area (Å²) in [6.45, 7) is 4.30. The number of hydrogen-bond donors (Lipinski definition) is 0. The van der Waals surface area contributed by atoms with Crippen LogP contribution in [0.5, 0.6) is 11.6 Å². The zero-order valence-electron chi connectivity index (χ0n) is 19.9. The molecule has 0 N–H and O–H groups in total. The Morgan fingerprint density at radius 1 is 0.750 bits per heavy atom. The van der Waals surface area contributed by atoms with Gasteiger partial charge >= 0.3 is 21.1 Å². The molecule has 0 aliphatic carbocycles. The fourth-order valence-corrected chi connectivity index (χ4v) is 4.34. The molecule has 178 valence electrons. The number of nitrogens with zero attached hydrogens (tertiary/aromatic N) is 3. The molecule has 0 atom stereocenters. The molecular weight excluding hydrogens is 625 g/mol. The number of fused-ring (bicyclic) bond motifs is 3. The van der Waals surface area contributed by atoms with Gasteiger partial charge in [-0.25, -0.2) is 21.1 Å². The van der Waals surface area contributed by atoms with Crippen molar-refractivity contribution in [3.05, 3.63) is 115 Å². The van der Waals surface area contributed by atoms with Gasteiger partial charge < -0.3 is 9.30 Å². The normalized spacial score (nSPS) is 11.1. The first kappa shape index (κ1) is 24.0. The third-order valence-corrected chi connectivity index (χ3v) is 6.16. The summed E-state index contributed by atoms with van der Waals surface area (Å²) in [4.78, 5) is 9.06. The molecule has 5 heteroatoms. The van der Waals surface area contributed by atoms with Crippen molar-refractivity contribution in [2.45, 2.75) is 19.8 Å². The molecule has 0 amide bonds. The quantitative estimate of drug-likeness (QED) is 0.180. The van der Waals surface area contributed by atoms with E-state index in [-0.39, 0.29) is 21.1 Å². The van der Waals surface area contributed by atoms with Crippen molar-refractivity contribution in [3.8, 4) is 28.6 Å².